The summed E-state index contributed by atoms with van der Waals surface area (Å²) in [7, 11) is 0. The Morgan fingerprint density at radius 2 is 1.65 bits per heavy atom. The lowest BCUT2D eigenvalue weighted by molar-refractivity contribution is -0.142. The van der Waals surface area contributed by atoms with Crippen LogP contribution in [0.15, 0.2) is 0 Å². The highest BCUT2D eigenvalue weighted by Crippen LogP contribution is 2.06. The number of aliphatic carboxylic acids is 1. The maximum atomic E-state index is 12.5. The van der Waals surface area contributed by atoms with Crippen molar-refractivity contribution in [1.29, 1.82) is 0 Å². The van der Waals surface area contributed by atoms with E-state index in [-0.39, 0.29) is 6.42 Å². The number of carbonyl (C=O) groups is 5. The number of carboxylic acid groups (broad SMARTS) is 1. The van der Waals surface area contributed by atoms with E-state index in [1.54, 1.807) is 0 Å². The molecule has 1 saturated heterocycles. The number of hydrogen-bond acceptors (Lipinski definition) is 8. The van der Waals surface area contributed by atoms with E-state index in [1.165, 1.54) is 0 Å². The van der Waals surface area contributed by atoms with E-state index in [1.807, 2.05) is 0 Å². The van der Waals surface area contributed by atoms with Crippen LogP contribution in [0.1, 0.15) is 38.5 Å². The molecule has 0 aromatic heterocycles. The highest BCUT2D eigenvalue weighted by atomic mass is 16.4. The van der Waals surface area contributed by atoms with E-state index in [0.29, 0.717) is 32.4 Å². The summed E-state index contributed by atoms with van der Waals surface area (Å²) in [5.74, 6) is -4.50. The van der Waals surface area contributed by atoms with Crippen LogP contribution in [0.25, 0.3) is 0 Å². The fourth-order valence-electron chi connectivity index (χ4n) is 3.08. The number of primary amides is 1. The van der Waals surface area contributed by atoms with Gasteiger partial charge in [-0.3, -0.25) is 19.2 Å². The summed E-state index contributed by atoms with van der Waals surface area (Å²) < 4.78 is 0. The van der Waals surface area contributed by atoms with Gasteiger partial charge < -0.3 is 42.9 Å². The molecule has 0 aromatic carbocycles. The Balaban J connectivity index is 2.77. The van der Waals surface area contributed by atoms with Crippen molar-refractivity contribution < 1.29 is 34.2 Å². The van der Waals surface area contributed by atoms with Gasteiger partial charge in [0.15, 0.2) is 0 Å². The van der Waals surface area contributed by atoms with Gasteiger partial charge in [0.2, 0.25) is 23.6 Å². The van der Waals surface area contributed by atoms with E-state index in [4.69, 9.17) is 11.5 Å². The maximum Gasteiger partial charge on any atom is 0.326 e. The Bertz CT molecular complexity index is 653. The Morgan fingerprint density at radius 1 is 1.00 bits per heavy atom. The summed E-state index contributed by atoms with van der Waals surface area (Å²) in [6.07, 6.45) is 1.91. The summed E-state index contributed by atoms with van der Waals surface area (Å²) >= 11 is 0. The molecule has 1 aliphatic rings. The van der Waals surface area contributed by atoms with Crippen LogP contribution >= 0.6 is 0 Å². The second kappa shape index (κ2) is 13.5. The quantitative estimate of drug-likeness (QED) is 0.123. The predicted molar refractivity (Wildman–Crippen MR) is 108 cm³/mol. The molecule has 0 aliphatic carbocycles. The van der Waals surface area contributed by atoms with Crippen molar-refractivity contribution in [3.8, 4) is 0 Å². The highest BCUT2D eigenvalue weighted by molar-refractivity contribution is 5.96. The molecule has 13 heteroatoms. The van der Waals surface area contributed by atoms with Crippen molar-refractivity contribution in [2.24, 2.45) is 11.5 Å². The molecule has 4 amide bonds. The van der Waals surface area contributed by atoms with Crippen LogP contribution in [0.4, 0.5) is 0 Å². The SMILES string of the molecule is NCCCCC(NC(=O)C(CC(N)=O)NC(=O)C(CO)NC(=O)C1CCCN1)C(=O)O. The average Bonchev–Trinajstić information content (AvgIpc) is 3.25. The second-order valence-electron chi connectivity index (χ2n) is 7.31. The van der Waals surface area contributed by atoms with Gasteiger partial charge in [-0.15, -0.1) is 0 Å². The van der Waals surface area contributed by atoms with Crippen LogP contribution < -0.4 is 32.7 Å². The van der Waals surface area contributed by atoms with Gasteiger partial charge in [-0.05, 0) is 45.2 Å². The fraction of sp³-hybridized carbons (Fsp3) is 0.722. The van der Waals surface area contributed by atoms with Crippen molar-refractivity contribution in [3.63, 3.8) is 0 Å². The van der Waals surface area contributed by atoms with E-state index >= 15 is 0 Å². The highest BCUT2D eigenvalue weighted by Gasteiger charge is 2.31. The van der Waals surface area contributed by atoms with Gasteiger partial charge in [0, 0.05) is 0 Å². The third kappa shape index (κ3) is 9.27. The van der Waals surface area contributed by atoms with Crippen LogP contribution in [0.3, 0.4) is 0 Å². The van der Waals surface area contributed by atoms with Crippen LogP contribution in [-0.4, -0.2) is 83.7 Å². The first kappa shape index (κ1) is 26.3. The minimum atomic E-state index is -1.48. The van der Waals surface area contributed by atoms with E-state index in [9.17, 15) is 34.2 Å². The molecule has 4 unspecified atom stereocenters. The van der Waals surface area contributed by atoms with Crippen molar-refractivity contribution in [2.45, 2.75) is 62.7 Å². The van der Waals surface area contributed by atoms with Crippen molar-refractivity contribution >= 4 is 29.6 Å². The predicted octanol–water partition coefficient (Wildman–Crippen LogP) is -3.73. The average molecular weight is 444 g/mol. The number of unbranched alkanes of at least 4 members (excludes halogenated alkanes) is 1. The maximum absolute atomic E-state index is 12.5. The minimum absolute atomic E-state index is 0.110. The Hall–Kier alpha value is -2.77. The van der Waals surface area contributed by atoms with Crippen LogP contribution in [0.5, 0.6) is 0 Å². The molecule has 31 heavy (non-hydrogen) atoms. The smallest absolute Gasteiger partial charge is 0.326 e. The topological polar surface area (TPSA) is 226 Å². The van der Waals surface area contributed by atoms with Crippen LogP contribution in [0, 0.1) is 0 Å². The number of aliphatic hydroxyl groups excluding tert-OH is 1. The van der Waals surface area contributed by atoms with E-state index in [0.717, 1.165) is 6.42 Å². The molecule has 0 spiro atoms. The molecule has 0 radical (unpaired) electrons. The largest absolute Gasteiger partial charge is 0.480 e. The zero-order chi connectivity index (χ0) is 23.4. The number of aliphatic hydroxyl groups is 1. The molecule has 1 fully saturated rings. The van der Waals surface area contributed by atoms with Crippen molar-refractivity contribution in [1.82, 2.24) is 21.3 Å². The van der Waals surface area contributed by atoms with Gasteiger partial charge in [-0.2, -0.15) is 0 Å². The Morgan fingerprint density at radius 3 is 2.16 bits per heavy atom. The number of rotatable bonds is 14. The number of hydrogen-bond donors (Lipinski definition) is 8. The Labute approximate surface area is 179 Å². The van der Waals surface area contributed by atoms with Gasteiger partial charge in [-0.25, -0.2) is 4.79 Å². The van der Waals surface area contributed by atoms with Gasteiger partial charge in [0.1, 0.15) is 18.1 Å². The summed E-state index contributed by atoms with van der Waals surface area (Å²) in [6.45, 7) is 0.280. The third-order valence-electron chi connectivity index (χ3n) is 4.79. The summed E-state index contributed by atoms with van der Waals surface area (Å²) in [5, 5.41) is 28.6. The number of nitrogens with one attached hydrogen (secondary N) is 4. The van der Waals surface area contributed by atoms with Gasteiger partial charge in [-0.1, -0.05) is 0 Å². The van der Waals surface area contributed by atoms with Gasteiger partial charge in [0.05, 0.1) is 19.1 Å². The fourth-order valence-corrected chi connectivity index (χ4v) is 3.08. The van der Waals surface area contributed by atoms with Crippen LogP contribution in [0.2, 0.25) is 0 Å². The summed E-state index contributed by atoms with van der Waals surface area (Å²) in [6, 6.07) is -4.57. The first-order valence-corrected chi connectivity index (χ1v) is 10.2. The van der Waals surface area contributed by atoms with Gasteiger partial charge >= 0.3 is 5.97 Å². The minimum Gasteiger partial charge on any atom is -0.480 e. The third-order valence-corrected chi connectivity index (χ3v) is 4.79. The van der Waals surface area contributed by atoms with Crippen LogP contribution in [-0.2, 0) is 24.0 Å². The number of amides is 4. The molecule has 1 heterocycles. The van der Waals surface area contributed by atoms with Crippen molar-refractivity contribution in [2.75, 3.05) is 19.7 Å². The molecule has 0 bridgehead atoms. The summed E-state index contributed by atoms with van der Waals surface area (Å²) in [4.78, 5) is 59.9. The lowest BCUT2D eigenvalue weighted by Gasteiger charge is -2.24. The first-order valence-electron chi connectivity index (χ1n) is 10.2. The van der Waals surface area contributed by atoms with Crippen molar-refractivity contribution in [3.05, 3.63) is 0 Å². The standard InChI is InChI=1S/C18H32N6O7/c19-6-2-1-4-11(18(30)31)22-16(28)12(8-14(20)26)23-17(29)13(9-25)24-15(27)10-5-3-7-21-10/h10-13,21,25H,1-9,19H2,(H2,20,26)(H,22,28)(H,23,29)(H,24,27)(H,30,31). The normalized spacial score (nSPS) is 18.5. The molecule has 13 nitrogen and oxygen atoms in total. The molecule has 176 valence electrons. The molecule has 10 N–H and O–H groups in total. The number of carboxylic acids is 1. The molecular weight excluding hydrogens is 412 g/mol. The lowest BCUT2D eigenvalue weighted by atomic mass is 10.1. The summed E-state index contributed by atoms with van der Waals surface area (Å²) in [5.41, 5.74) is 10.5. The first-order chi connectivity index (χ1) is 14.7. The van der Waals surface area contributed by atoms with Gasteiger partial charge in [0.25, 0.3) is 0 Å². The lowest BCUT2D eigenvalue weighted by Crippen LogP contribution is -2.58. The number of carbonyl (C=O) groups excluding carboxylic acids is 4. The van der Waals surface area contributed by atoms with E-state index in [2.05, 4.69) is 21.3 Å². The second-order valence-corrected chi connectivity index (χ2v) is 7.31. The molecule has 0 saturated carbocycles. The zero-order valence-electron chi connectivity index (χ0n) is 17.3. The molecule has 0 aromatic rings. The molecule has 1 aliphatic heterocycles. The zero-order valence-corrected chi connectivity index (χ0v) is 17.3. The number of nitrogens with two attached hydrogens (primary N) is 2. The Kier molecular flexibility index (Phi) is 11.5. The molecule has 4 atom stereocenters. The molecular formula is C18H32N6O7. The monoisotopic (exact) mass is 444 g/mol. The molecule has 1 rings (SSSR count). The van der Waals surface area contributed by atoms with E-state index < -0.39 is 66.8 Å².